The summed E-state index contributed by atoms with van der Waals surface area (Å²) in [6.07, 6.45) is 6.64. The Kier molecular flexibility index (Phi) is 2.16. The number of fused-ring (bicyclic) bond motifs is 1. The zero-order valence-corrected chi connectivity index (χ0v) is 9.74. The van der Waals surface area contributed by atoms with Crippen molar-refractivity contribution in [3.8, 4) is 0 Å². The Morgan fingerprint density at radius 1 is 1.39 bits per heavy atom. The number of nitrogens with zero attached hydrogens (tertiary/aromatic N) is 4. The molecule has 0 spiro atoms. The molecule has 0 aliphatic rings. The van der Waals surface area contributed by atoms with E-state index in [1.54, 1.807) is 37.8 Å². The van der Waals surface area contributed by atoms with Crippen molar-refractivity contribution in [3.05, 3.63) is 48.3 Å². The molecule has 0 unspecified atom stereocenters. The fourth-order valence-electron chi connectivity index (χ4n) is 1.80. The van der Waals surface area contributed by atoms with Crippen LogP contribution in [0.15, 0.2) is 37.1 Å². The van der Waals surface area contributed by atoms with E-state index < -0.39 is 0 Å². The third kappa shape index (κ3) is 1.46. The van der Waals surface area contributed by atoms with Crippen LogP contribution in [0.1, 0.15) is 16.1 Å². The van der Waals surface area contributed by atoms with Crippen LogP contribution in [0, 0.1) is 6.92 Å². The number of imidazole rings is 1. The van der Waals surface area contributed by atoms with Gasteiger partial charge in [-0.05, 0) is 19.1 Å². The Hall–Kier alpha value is -2.63. The highest BCUT2D eigenvalue weighted by atomic mass is 16.2. The fraction of sp³-hybridized carbons (Fsp3) is 0.0833. The number of nitrogens with two attached hydrogens (primary N) is 1. The second kappa shape index (κ2) is 3.69. The molecule has 90 valence electrons. The van der Waals surface area contributed by atoms with Gasteiger partial charge in [0.05, 0.1) is 35.6 Å². The molecule has 0 amide bonds. The molecule has 0 radical (unpaired) electrons. The molecule has 0 bridgehead atoms. The smallest absolute Gasteiger partial charge is 0.278 e. The molecule has 0 aliphatic carbocycles. The van der Waals surface area contributed by atoms with Gasteiger partial charge in [0.2, 0.25) is 0 Å². The molecule has 2 N–H and O–H groups in total. The van der Waals surface area contributed by atoms with Crippen LogP contribution in [-0.4, -0.2) is 25.1 Å². The molecule has 3 aromatic rings. The molecule has 3 rings (SSSR count). The predicted octanol–water partition coefficient (Wildman–Crippen LogP) is 1.11. The molecule has 6 heteroatoms. The van der Waals surface area contributed by atoms with Crippen LogP contribution < -0.4 is 5.73 Å². The van der Waals surface area contributed by atoms with Gasteiger partial charge in [0.15, 0.2) is 0 Å². The number of hydrogen-bond donors (Lipinski definition) is 1. The number of nitrogen functional groups attached to an aromatic ring is 1. The van der Waals surface area contributed by atoms with Crippen molar-refractivity contribution in [1.82, 2.24) is 19.2 Å². The quantitative estimate of drug-likeness (QED) is 0.692. The van der Waals surface area contributed by atoms with Crippen molar-refractivity contribution in [1.29, 1.82) is 0 Å². The first-order valence-electron chi connectivity index (χ1n) is 5.43. The Morgan fingerprint density at radius 3 is 2.94 bits per heavy atom. The van der Waals surface area contributed by atoms with Crippen LogP contribution >= 0.6 is 0 Å². The lowest BCUT2D eigenvalue weighted by atomic mass is 10.2. The van der Waals surface area contributed by atoms with E-state index in [0.29, 0.717) is 16.9 Å². The molecule has 6 nitrogen and oxygen atoms in total. The lowest BCUT2D eigenvalue weighted by molar-refractivity contribution is 0.0943. The first-order valence-corrected chi connectivity index (χ1v) is 5.43. The van der Waals surface area contributed by atoms with Crippen molar-refractivity contribution in [2.24, 2.45) is 0 Å². The lowest BCUT2D eigenvalue weighted by Gasteiger charge is -2.04. The highest BCUT2D eigenvalue weighted by Crippen LogP contribution is 2.13. The molecule has 3 aromatic heterocycles. The maximum absolute atomic E-state index is 12.3. The molecular formula is C12H11N5O. The van der Waals surface area contributed by atoms with Gasteiger partial charge in [-0.15, -0.1) is 0 Å². The van der Waals surface area contributed by atoms with Crippen LogP contribution in [0.2, 0.25) is 0 Å². The molecule has 0 saturated heterocycles. The number of carbonyl (C=O) groups excluding carboxylic acids is 1. The van der Waals surface area contributed by atoms with E-state index in [0.717, 1.165) is 5.52 Å². The number of carbonyl (C=O) groups is 1. The summed E-state index contributed by atoms with van der Waals surface area (Å²) in [5.41, 5.74) is 8.25. The Bertz CT molecular complexity index is 740. The van der Waals surface area contributed by atoms with Gasteiger partial charge in [0.25, 0.3) is 5.91 Å². The van der Waals surface area contributed by atoms with Gasteiger partial charge in [-0.1, -0.05) is 0 Å². The van der Waals surface area contributed by atoms with E-state index >= 15 is 0 Å². The van der Waals surface area contributed by atoms with Gasteiger partial charge in [-0.25, -0.2) is 4.98 Å². The monoisotopic (exact) mass is 241 g/mol. The predicted molar refractivity (Wildman–Crippen MR) is 66.3 cm³/mol. The van der Waals surface area contributed by atoms with Crippen molar-refractivity contribution in [2.45, 2.75) is 6.92 Å². The average Bonchev–Trinajstić information content (AvgIpc) is 2.96. The lowest BCUT2D eigenvalue weighted by Crippen LogP contribution is -2.15. The maximum Gasteiger partial charge on any atom is 0.278 e. The van der Waals surface area contributed by atoms with E-state index in [9.17, 15) is 4.79 Å². The standard InChI is InChI=1S/C12H11N5O/c1-8-11(13)6-15-17(8)12(18)9-2-3-16-7-14-5-10(16)4-9/h2-7H,13H2,1H3. The SMILES string of the molecule is Cc1c(N)cnn1C(=O)c1ccn2cncc2c1. The van der Waals surface area contributed by atoms with E-state index in [1.165, 1.54) is 10.9 Å². The Morgan fingerprint density at radius 2 is 2.22 bits per heavy atom. The molecule has 0 fully saturated rings. The number of rotatable bonds is 1. The number of pyridine rings is 1. The molecule has 0 aromatic carbocycles. The van der Waals surface area contributed by atoms with E-state index in [2.05, 4.69) is 10.1 Å². The third-order valence-corrected chi connectivity index (χ3v) is 2.90. The maximum atomic E-state index is 12.3. The van der Waals surface area contributed by atoms with Crippen LogP contribution in [-0.2, 0) is 0 Å². The molecule has 0 aliphatic heterocycles. The first kappa shape index (κ1) is 10.5. The van der Waals surface area contributed by atoms with Crippen LogP contribution in [0.3, 0.4) is 0 Å². The second-order valence-electron chi connectivity index (χ2n) is 4.04. The van der Waals surface area contributed by atoms with Crippen molar-refractivity contribution >= 4 is 17.1 Å². The summed E-state index contributed by atoms with van der Waals surface area (Å²) in [6, 6.07) is 3.50. The average molecular weight is 241 g/mol. The zero-order valence-electron chi connectivity index (χ0n) is 9.74. The van der Waals surface area contributed by atoms with Gasteiger partial charge in [-0.3, -0.25) is 4.79 Å². The molecule has 18 heavy (non-hydrogen) atoms. The topological polar surface area (TPSA) is 78.2 Å². The van der Waals surface area contributed by atoms with E-state index in [1.807, 2.05) is 4.40 Å². The summed E-state index contributed by atoms with van der Waals surface area (Å²) in [6.45, 7) is 1.76. The molecule has 0 saturated carbocycles. The van der Waals surface area contributed by atoms with Gasteiger partial charge in [0, 0.05) is 11.8 Å². The second-order valence-corrected chi connectivity index (χ2v) is 4.04. The highest BCUT2D eigenvalue weighted by molar-refractivity contribution is 5.97. The van der Waals surface area contributed by atoms with Crippen molar-refractivity contribution in [3.63, 3.8) is 0 Å². The Balaban J connectivity index is 2.08. The van der Waals surface area contributed by atoms with Crippen LogP contribution in [0.25, 0.3) is 5.52 Å². The minimum atomic E-state index is -0.201. The third-order valence-electron chi connectivity index (χ3n) is 2.90. The zero-order chi connectivity index (χ0) is 12.7. The molecule has 3 heterocycles. The number of hydrogen-bond acceptors (Lipinski definition) is 4. The fourth-order valence-corrected chi connectivity index (χ4v) is 1.80. The minimum absolute atomic E-state index is 0.201. The van der Waals surface area contributed by atoms with Gasteiger partial charge in [-0.2, -0.15) is 9.78 Å². The molecule has 0 atom stereocenters. The minimum Gasteiger partial charge on any atom is -0.396 e. The van der Waals surface area contributed by atoms with Crippen molar-refractivity contribution in [2.75, 3.05) is 5.73 Å². The normalized spacial score (nSPS) is 10.9. The summed E-state index contributed by atoms with van der Waals surface area (Å²) in [7, 11) is 0. The van der Waals surface area contributed by atoms with Crippen LogP contribution in [0.5, 0.6) is 0 Å². The summed E-state index contributed by atoms with van der Waals surface area (Å²) in [5, 5.41) is 3.98. The summed E-state index contributed by atoms with van der Waals surface area (Å²) < 4.78 is 3.14. The van der Waals surface area contributed by atoms with E-state index in [-0.39, 0.29) is 5.91 Å². The summed E-state index contributed by atoms with van der Waals surface area (Å²) >= 11 is 0. The van der Waals surface area contributed by atoms with Gasteiger partial charge < -0.3 is 10.1 Å². The Labute approximate surface area is 103 Å². The van der Waals surface area contributed by atoms with Gasteiger partial charge in [0.1, 0.15) is 0 Å². The van der Waals surface area contributed by atoms with E-state index in [4.69, 9.17) is 5.73 Å². The van der Waals surface area contributed by atoms with Gasteiger partial charge >= 0.3 is 0 Å². The largest absolute Gasteiger partial charge is 0.396 e. The summed E-state index contributed by atoms with van der Waals surface area (Å²) in [4.78, 5) is 16.3. The molecular weight excluding hydrogens is 230 g/mol. The first-order chi connectivity index (χ1) is 8.66. The van der Waals surface area contributed by atoms with Crippen molar-refractivity contribution < 1.29 is 4.79 Å². The number of anilines is 1. The number of aromatic nitrogens is 4. The van der Waals surface area contributed by atoms with Crippen LogP contribution in [0.4, 0.5) is 5.69 Å². The summed E-state index contributed by atoms with van der Waals surface area (Å²) in [5.74, 6) is -0.201. The highest BCUT2D eigenvalue weighted by Gasteiger charge is 2.14.